The fourth-order valence-electron chi connectivity index (χ4n) is 2.19. The topological polar surface area (TPSA) is 89.8 Å². The first-order valence-corrected chi connectivity index (χ1v) is 6.86. The van der Waals surface area contributed by atoms with Gasteiger partial charge in [-0.15, -0.1) is 0 Å². The summed E-state index contributed by atoms with van der Waals surface area (Å²) < 4.78 is 0. The van der Waals surface area contributed by atoms with Crippen LogP contribution in [0.2, 0.25) is 0 Å². The predicted octanol–water partition coefficient (Wildman–Crippen LogP) is 0.785. The molecule has 1 atom stereocenters. The molecule has 6 nitrogen and oxygen atoms in total. The van der Waals surface area contributed by atoms with Crippen molar-refractivity contribution in [1.82, 2.24) is 20.6 Å². The second-order valence-electron chi connectivity index (χ2n) is 5.33. The van der Waals surface area contributed by atoms with E-state index in [1.54, 1.807) is 0 Å². The molecule has 6 heteroatoms. The first-order chi connectivity index (χ1) is 9.61. The van der Waals surface area contributed by atoms with Crippen LogP contribution in [0.25, 0.3) is 11.0 Å². The Labute approximate surface area is 116 Å². The molecule has 1 aliphatic rings. The average molecular weight is 274 g/mol. The molecule has 1 fully saturated rings. The molecule has 1 amide bonds. The lowest BCUT2D eigenvalue weighted by Gasteiger charge is -2.14. The van der Waals surface area contributed by atoms with Crippen LogP contribution in [0.4, 0.5) is 0 Å². The second-order valence-corrected chi connectivity index (χ2v) is 5.33. The van der Waals surface area contributed by atoms with E-state index >= 15 is 0 Å². The second kappa shape index (κ2) is 5.13. The number of rotatable bonds is 5. The number of carbonyl (C=O) groups is 1. The minimum Gasteiger partial charge on any atom is -0.352 e. The van der Waals surface area contributed by atoms with Gasteiger partial charge in [0, 0.05) is 12.1 Å². The van der Waals surface area contributed by atoms with Crippen LogP contribution in [0.5, 0.6) is 0 Å². The Morgan fingerprint density at radius 1 is 1.35 bits per heavy atom. The van der Waals surface area contributed by atoms with Gasteiger partial charge in [0.05, 0.1) is 17.6 Å². The first kappa shape index (κ1) is 12.9. The quantitative estimate of drug-likeness (QED) is 0.649. The highest BCUT2D eigenvalue weighted by Crippen LogP contribution is 2.19. The van der Waals surface area contributed by atoms with Gasteiger partial charge in [0.15, 0.2) is 0 Å². The molecule has 0 radical (unpaired) electrons. The maximum atomic E-state index is 11.6. The van der Waals surface area contributed by atoms with E-state index in [2.05, 4.69) is 20.6 Å². The van der Waals surface area contributed by atoms with E-state index in [0.717, 1.165) is 29.4 Å². The lowest BCUT2D eigenvalue weighted by Crippen LogP contribution is -2.36. The highest BCUT2D eigenvalue weighted by atomic mass is 16.2. The summed E-state index contributed by atoms with van der Waals surface area (Å²) in [6.07, 6.45) is 2.19. The van der Waals surface area contributed by atoms with Gasteiger partial charge in [-0.05, 0) is 37.5 Å². The summed E-state index contributed by atoms with van der Waals surface area (Å²) in [5.41, 5.74) is 2.40. The number of nitrogens with one attached hydrogen (secondary N) is 4. The highest BCUT2D eigenvalue weighted by molar-refractivity contribution is 5.79. The van der Waals surface area contributed by atoms with Crippen molar-refractivity contribution in [3.8, 4) is 0 Å². The van der Waals surface area contributed by atoms with Gasteiger partial charge in [0.25, 0.3) is 0 Å². The molecule has 4 N–H and O–H groups in total. The van der Waals surface area contributed by atoms with E-state index in [9.17, 15) is 9.59 Å². The number of aromatic nitrogens is 2. The molecule has 1 aromatic carbocycles. The average Bonchev–Trinajstić information content (AvgIpc) is 3.14. The molecule has 0 spiro atoms. The Bertz CT molecular complexity index is 684. The maximum absolute atomic E-state index is 11.6. The molecular formula is C14H18N4O2. The molecule has 2 aromatic rings. The van der Waals surface area contributed by atoms with Crippen LogP contribution in [0, 0.1) is 0 Å². The molecule has 20 heavy (non-hydrogen) atoms. The van der Waals surface area contributed by atoms with Gasteiger partial charge in [-0.2, -0.15) is 0 Å². The molecule has 3 rings (SSSR count). The number of carbonyl (C=O) groups excluding carboxylic acids is 1. The van der Waals surface area contributed by atoms with E-state index in [4.69, 9.17) is 0 Å². The monoisotopic (exact) mass is 274 g/mol. The van der Waals surface area contributed by atoms with Crippen LogP contribution in [0.15, 0.2) is 23.0 Å². The number of H-pyrrole nitrogens is 2. The number of imidazole rings is 1. The zero-order chi connectivity index (χ0) is 14.1. The van der Waals surface area contributed by atoms with Crippen molar-refractivity contribution in [3.05, 3.63) is 34.2 Å². The summed E-state index contributed by atoms with van der Waals surface area (Å²) in [4.78, 5) is 28.3. The van der Waals surface area contributed by atoms with Crippen LogP contribution >= 0.6 is 0 Å². The van der Waals surface area contributed by atoms with E-state index in [0.29, 0.717) is 12.6 Å². The number of hydrogen-bond donors (Lipinski definition) is 4. The van der Waals surface area contributed by atoms with Crippen molar-refractivity contribution in [3.63, 3.8) is 0 Å². The van der Waals surface area contributed by atoms with E-state index in [1.165, 1.54) is 0 Å². The number of fused-ring (bicyclic) bond motifs is 1. The Morgan fingerprint density at radius 2 is 2.10 bits per heavy atom. The van der Waals surface area contributed by atoms with Crippen molar-refractivity contribution < 1.29 is 4.79 Å². The Kier molecular flexibility index (Phi) is 3.31. The summed E-state index contributed by atoms with van der Waals surface area (Å²) in [6.45, 7) is 2.30. The van der Waals surface area contributed by atoms with Crippen LogP contribution < -0.4 is 16.3 Å². The largest absolute Gasteiger partial charge is 0.352 e. The third-order valence-electron chi connectivity index (χ3n) is 3.55. The standard InChI is InChI=1S/C14H18N4O2/c1-8(15-7-13(19)16-10-3-4-10)9-2-5-11-12(6-9)18-14(20)17-11/h2,5-6,8,10,15H,3-4,7H2,1H3,(H,16,19)(H2,17,18,20). The number of aromatic amines is 2. The van der Waals surface area contributed by atoms with Crippen LogP contribution in [-0.2, 0) is 4.79 Å². The van der Waals surface area contributed by atoms with Gasteiger partial charge in [-0.3, -0.25) is 4.79 Å². The number of benzene rings is 1. The van der Waals surface area contributed by atoms with Crippen molar-refractivity contribution in [2.24, 2.45) is 0 Å². The zero-order valence-corrected chi connectivity index (χ0v) is 11.3. The van der Waals surface area contributed by atoms with Gasteiger partial charge in [0.1, 0.15) is 0 Å². The lowest BCUT2D eigenvalue weighted by atomic mass is 10.1. The van der Waals surface area contributed by atoms with Crippen LogP contribution in [0.3, 0.4) is 0 Å². The molecule has 0 saturated heterocycles. The van der Waals surface area contributed by atoms with Crippen molar-refractivity contribution in [2.45, 2.75) is 31.8 Å². The van der Waals surface area contributed by atoms with E-state index < -0.39 is 0 Å². The lowest BCUT2D eigenvalue weighted by molar-refractivity contribution is -0.120. The van der Waals surface area contributed by atoms with Crippen molar-refractivity contribution in [2.75, 3.05) is 6.54 Å². The molecule has 0 aliphatic heterocycles. The fourth-order valence-corrected chi connectivity index (χ4v) is 2.19. The smallest absolute Gasteiger partial charge is 0.323 e. The molecule has 106 valence electrons. The van der Waals surface area contributed by atoms with Gasteiger partial charge < -0.3 is 20.6 Å². The normalized spacial score (nSPS) is 16.2. The molecule has 1 aliphatic carbocycles. The highest BCUT2D eigenvalue weighted by Gasteiger charge is 2.23. The minimum absolute atomic E-state index is 0.0375. The van der Waals surface area contributed by atoms with Gasteiger partial charge >= 0.3 is 5.69 Å². The van der Waals surface area contributed by atoms with Crippen molar-refractivity contribution in [1.29, 1.82) is 0 Å². The fraction of sp³-hybridized carbons (Fsp3) is 0.429. The number of amides is 1. The minimum atomic E-state index is -0.207. The Balaban J connectivity index is 1.63. The third-order valence-corrected chi connectivity index (χ3v) is 3.55. The summed E-state index contributed by atoms with van der Waals surface area (Å²) in [6, 6.07) is 6.17. The Hall–Kier alpha value is -2.08. The van der Waals surface area contributed by atoms with Gasteiger partial charge in [0.2, 0.25) is 5.91 Å². The molecule has 1 heterocycles. The molecule has 1 unspecified atom stereocenters. The van der Waals surface area contributed by atoms with Gasteiger partial charge in [-0.1, -0.05) is 6.07 Å². The Morgan fingerprint density at radius 3 is 2.85 bits per heavy atom. The third kappa shape index (κ3) is 2.91. The van der Waals surface area contributed by atoms with Crippen molar-refractivity contribution >= 4 is 16.9 Å². The molecule has 1 aromatic heterocycles. The zero-order valence-electron chi connectivity index (χ0n) is 11.3. The number of hydrogen-bond acceptors (Lipinski definition) is 3. The first-order valence-electron chi connectivity index (χ1n) is 6.86. The summed E-state index contributed by atoms with van der Waals surface area (Å²) in [5, 5.41) is 6.13. The van der Waals surface area contributed by atoms with E-state index in [-0.39, 0.29) is 17.6 Å². The molecule has 1 saturated carbocycles. The summed E-state index contributed by atoms with van der Waals surface area (Å²) in [7, 11) is 0. The molecular weight excluding hydrogens is 256 g/mol. The van der Waals surface area contributed by atoms with E-state index in [1.807, 2.05) is 25.1 Å². The van der Waals surface area contributed by atoms with Gasteiger partial charge in [-0.25, -0.2) is 4.79 Å². The SMILES string of the molecule is CC(NCC(=O)NC1CC1)c1ccc2[nH]c(=O)[nH]c2c1. The van der Waals surface area contributed by atoms with Crippen LogP contribution in [-0.4, -0.2) is 28.5 Å². The predicted molar refractivity (Wildman–Crippen MR) is 76.5 cm³/mol. The maximum Gasteiger partial charge on any atom is 0.323 e. The summed E-state index contributed by atoms with van der Waals surface area (Å²) in [5.74, 6) is 0.0375. The summed E-state index contributed by atoms with van der Waals surface area (Å²) >= 11 is 0. The molecule has 0 bridgehead atoms. The van der Waals surface area contributed by atoms with Crippen LogP contribution in [0.1, 0.15) is 31.4 Å².